The van der Waals surface area contributed by atoms with Crippen molar-refractivity contribution < 1.29 is 15.0 Å². The second kappa shape index (κ2) is 7.11. The van der Waals surface area contributed by atoms with Gasteiger partial charge in [-0.2, -0.15) is 0 Å². The number of hydrogen-bond acceptors (Lipinski definition) is 3. The molecule has 2 aromatic carbocycles. The van der Waals surface area contributed by atoms with Crippen LogP contribution < -0.4 is 5.32 Å². The van der Waals surface area contributed by atoms with E-state index in [1.165, 1.54) is 0 Å². The Kier molecular flexibility index (Phi) is 5.11. The summed E-state index contributed by atoms with van der Waals surface area (Å²) in [5, 5.41) is 23.3. The zero-order valence-corrected chi connectivity index (χ0v) is 14.3. The van der Waals surface area contributed by atoms with Gasteiger partial charge in [0, 0.05) is 22.6 Å². The van der Waals surface area contributed by atoms with Crippen molar-refractivity contribution in [1.29, 1.82) is 0 Å². The monoisotopic (exact) mass is 365 g/mol. The third kappa shape index (κ3) is 3.73. The molecule has 0 bridgehead atoms. The number of carboxylic acids is 1. The minimum absolute atomic E-state index is 0.0914. The second-order valence-electron chi connectivity index (χ2n) is 6.01. The molecule has 3 atom stereocenters. The molecule has 0 radical (unpaired) electrons. The van der Waals surface area contributed by atoms with Gasteiger partial charge < -0.3 is 15.5 Å². The molecule has 126 valence electrons. The van der Waals surface area contributed by atoms with E-state index in [0.717, 1.165) is 24.1 Å². The first-order valence-corrected chi connectivity index (χ1v) is 8.39. The van der Waals surface area contributed by atoms with Crippen LogP contribution in [0, 0.1) is 0 Å². The van der Waals surface area contributed by atoms with E-state index in [1.54, 1.807) is 24.3 Å². The Hall–Kier alpha value is -1.59. The van der Waals surface area contributed by atoms with Gasteiger partial charge in [-0.05, 0) is 47.2 Å². The molecule has 1 aliphatic rings. The van der Waals surface area contributed by atoms with Crippen molar-refractivity contribution in [3.05, 3.63) is 69.2 Å². The lowest BCUT2D eigenvalue weighted by molar-refractivity contribution is -0.146. The standard InChI is InChI=1S/C18H17Cl2NO3/c19-14-5-12(6-15(20)8-14)13-7-16(21-9-13)10-2-1-3-11(4-10)17(22)18(23)24/h1-6,8,13,16-17,21-22H,7,9H2,(H,23,24)/t13-,16?,17+/m0/s1. The number of hydrogen-bond donors (Lipinski definition) is 3. The molecule has 1 saturated heterocycles. The Morgan fingerprint density at radius 2 is 1.83 bits per heavy atom. The van der Waals surface area contributed by atoms with Crippen LogP contribution in [0.5, 0.6) is 0 Å². The number of aliphatic hydroxyl groups excluding tert-OH is 1. The quantitative estimate of drug-likeness (QED) is 0.767. The highest BCUT2D eigenvalue weighted by atomic mass is 35.5. The molecule has 3 N–H and O–H groups in total. The number of carbonyl (C=O) groups is 1. The van der Waals surface area contributed by atoms with Crippen molar-refractivity contribution in [1.82, 2.24) is 5.32 Å². The third-order valence-electron chi connectivity index (χ3n) is 4.35. The second-order valence-corrected chi connectivity index (χ2v) is 6.88. The summed E-state index contributed by atoms with van der Waals surface area (Å²) in [6.45, 7) is 0.785. The maximum absolute atomic E-state index is 10.9. The molecule has 0 aromatic heterocycles. The summed E-state index contributed by atoms with van der Waals surface area (Å²) in [6, 6.07) is 12.7. The highest BCUT2D eigenvalue weighted by Crippen LogP contribution is 2.36. The predicted octanol–water partition coefficient (Wildman–Crippen LogP) is 3.93. The fourth-order valence-corrected chi connectivity index (χ4v) is 3.69. The molecule has 2 aromatic rings. The van der Waals surface area contributed by atoms with Gasteiger partial charge in [0.05, 0.1) is 0 Å². The van der Waals surface area contributed by atoms with Crippen molar-refractivity contribution in [3.63, 3.8) is 0 Å². The average molecular weight is 366 g/mol. The topological polar surface area (TPSA) is 69.6 Å². The maximum Gasteiger partial charge on any atom is 0.337 e. The van der Waals surface area contributed by atoms with E-state index < -0.39 is 12.1 Å². The van der Waals surface area contributed by atoms with Gasteiger partial charge in [0.2, 0.25) is 0 Å². The van der Waals surface area contributed by atoms with Crippen molar-refractivity contribution in [2.45, 2.75) is 24.5 Å². The zero-order chi connectivity index (χ0) is 17.3. The van der Waals surface area contributed by atoms with Crippen molar-refractivity contribution in [2.75, 3.05) is 6.54 Å². The number of nitrogens with one attached hydrogen (secondary N) is 1. The minimum atomic E-state index is -1.51. The highest BCUT2D eigenvalue weighted by Gasteiger charge is 2.27. The van der Waals surface area contributed by atoms with Gasteiger partial charge in [-0.1, -0.05) is 47.5 Å². The number of rotatable bonds is 4. The molecular weight excluding hydrogens is 349 g/mol. The van der Waals surface area contributed by atoms with E-state index >= 15 is 0 Å². The van der Waals surface area contributed by atoms with Crippen molar-refractivity contribution >= 4 is 29.2 Å². The molecule has 0 saturated carbocycles. The molecule has 0 aliphatic carbocycles. The molecule has 0 amide bonds. The molecule has 1 heterocycles. The number of aliphatic carboxylic acids is 1. The SMILES string of the molecule is O=C(O)[C@H](O)c1cccc(C2C[C@H](c3cc(Cl)cc(Cl)c3)CN2)c1. The first kappa shape index (κ1) is 17.2. The number of aliphatic hydroxyl groups is 1. The van der Waals surface area contributed by atoms with Crippen LogP contribution in [0.4, 0.5) is 0 Å². The molecule has 1 aliphatic heterocycles. The van der Waals surface area contributed by atoms with Gasteiger partial charge in [-0.15, -0.1) is 0 Å². The molecule has 4 nitrogen and oxygen atoms in total. The van der Waals surface area contributed by atoms with Crippen LogP contribution in [0.2, 0.25) is 10.0 Å². The summed E-state index contributed by atoms with van der Waals surface area (Å²) in [5.41, 5.74) is 2.43. The van der Waals surface area contributed by atoms with Crippen molar-refractivity contribution in [3.8, 4) is 0 Å². The summed E-state index contributed by atoms with van der Waals surface area (Å²) in [4.78, 5) is 10.9. The molecule has 1 unspecified atom stereocenters. The van der Waals surface area contributed by atoms with Gasteiger partial charge in [0.1, 0.15) is 0 Å². The molecular formula is C18H17Cl2NO3. The summed E-state index contributed by atoms with van der Waals surface area (Å²) in [6.07, 6.45) is -0.655. The van der Waals surface area contributed by atoms with Crippen LogP contribution >= 0.6 is 23.2 Å². The number of carboxylic acid groups (broad SMARTS) is 1. The van der Waals surface area contributed by atoms with E-state index in [2.05, 4.69) is 5.32 Å². The van der Waals surface area contributed by atoms with Crippen LogP contribution in [0.25, 0.3) is 0 Å². The van der Waals surface area contributed by atoms with Crippen LogP contribution in [-0.4, -0.2) is 22.7 Å². The van der Waals surface area contributed by atoms with Crippen LogP contribution in [0.15, 0.2) is 42.5 Å². The Labute approximate surface area is 150 Å². The van der Waals surface area contributed by atoms with E-state index in [4.69, 9.17) is 28.3 Å². The fourth-order valence-electron chi connectivity index (χ4n) is 3.14. The smallest absolute Gasteiger partial charge is 0.337 e. The predicted molar refractivity (Wildman–Crippen MR) is 93.6 cm³/mol. The summed E-state index contributed by atoms with van der Waals surface area (Å²) in [5.74, 6) is -0.975. The van der Waals surface area contributed by atoms with Crippen molar-refractivity contribution in [2.24, 2.45) is 0 Å². The summed E-state index contributed by atoms with van der Waals surface area (Å²) < 4.78 is 0. The lowest BCUT2D eigenvalue weighted by Gasteiger charge is -2.14. The van der Waals surface area contributed by atoms with Crippen LogP contribution in [0.3, 0.4) is 0 Å². The van der Waals surface area contributed by atoms with E-state index in [9.17, 15) is 9.90 Å². The molecule has 1 fully saturated rings. The maximum atomic E-state index is 10.9. The van der Waals surface area contributed by atoms with Crippen LogP contribution in [-0.2, 0) is 4.79 Å². The lowest BCUT2D eigenvalue weighted by atomic mass is 9.93. The highest BCUT2D eigenvalue weighted by molar-refractivity contribution is 6.34. The molecule has 0 spiro atoms. The van der Waals surface area contributed by atoms with Gasteiger partial charge in [0.15, 0.2) is 6.10 Å². The summed E-state index contributed by atoms with van der Waals surface area (Å²) >= 11 is 12.2. The first-order chi connectivity index (χ1) is 11.4. The molecule has 24 heavy (non-hydrogen) atoms. The summed E-state index contributed by atoms with van der Waals surface area (Å²) in [7, 11) is 0. The Bertz CT molecular complexity index is 745. The third-order valence-corrected chi connectivity index (χ3v) is 4.79. The van der Waals surface area contributed by atoms with E-state index in [-0.39, 0.29) is 12.0 Å². The van der Waals surface area contributed by atoms with E-state index in [0.29, 0.717) is 15.6 Å². The Morgan fingerprint density at radius 1 is 1.12 bits per heavy atom. The van der Waals surface area contributed by atoms with Gasteiger partial charge in [-0.3, -0.25) is 0 Å². The van der Waals surface area contributed by atoms with E-state index in [1.807, 2.05) is 18.2 Å². The molecule has 6 heteroatoms. The Balaban J connectivity index is 1.78. The number of benzene rings is 2. The average Bonchev–Trinajstić information content (AvgIpc) is 3.03. The zero-order valence-electron chi connectivity index (χ0n) is 12.7. The van der Waals surface area contributed by atoms with Gasteiger partial charge >= 0.3 is 5.97 Å². The van der Waals surface area contributed by atoms with Gasteiger partial charge in [-0.25, -0.2) is 4.79 Å². The number of halogens is 2. The normalized spacial score (nSPS) is 21.6. The van der Waals surface area contributed by atoms with Gasteiger partial charge in [0.25, 0.3) is 0 Å². The lowest BCUT2D eigenvalue weighted by Crippen LogP contribution is -2.15. The Morgan fingerprint density at radius 3 is 2.50 bits per heavy atom. The largest absolute Gasteiger partial charge is 0.479 e. The molecule has 3 rings (SSSR count). The first-order valence-electron chi connectivity index (χ1n) is 7.64. The van der Waals surface area contributed by atoms with Crippen LogP contribution in [0.1, 0.15) is 41.2 Å². The minimum Gasteiger partial charge on any atom is -0.479 e. The fraction of sp³-hybridized carbons (Fsp3) is 0.278.